The van der Waals surface area contributed by atoms with E-state index in [0.29, 0.717) is 18.0 Å². The second-order valence-corrected chi connectivity index (χ2v) is 9.42. The predicted octanol–water partition coefficient (Wildman–Crippen LogP) is 3.05. The van der Waals surface area contributed by atoms with Gasteiger partial charge in [-0.25, -0.2) is 8.42 Å². The van der Waals surface area contributed by atoms with E-state index in [9.17, 15) is 18.0 Å². The number of nitrogens with zero attached hydrogens (tertiary/aromatic N) is 2. The third-order valence-corrected chi connectivity index (χ3v) is 6.08. The van der Waals surface area contributed by atoms with E-state index >= 15 is 0 Å². The minimum absolute atomic E-state index is 0.183. The standard InChI is InChI=1S/C22H28ClN3O4S/c1-4-20(22(28)24-5-2)25(15-17-10-7-6-8-11-17)21(27)16-26(31(3,29)30)19-13-9-12-18(23)14-19/h6-14,20H,4-5,15-16H2,1-3H3,(H,24,28). The summed E-state index contributed by atoms with van der Waals surface area (Å²) < 4.78 is 25.9. The van der Waals surface area contributed by atoms with Gasteiger partial charge in [0.25, 0.3) is 0 Å². The summed E-state index contributed by atoms with van der Waals surface area (Å²) in [6.07, 6.45) is 1.42. The van der Waals surface area contributed by atoms with Crippen LogP contribution in [0.2, 0.25) is 5.02 Å². The van der Waals surface area contributed by atoms with Crippen molar-refractivity contribution in [3.8, 4) is 0 Å². The molecular formula is C22H28ClN3O4S. The van der Waals surface area contributed by atoms with E-state index in [-0.39, 0.29) is 18.1 Å². The van der Waals surface area contributed by atoms with Gasteiger partial charge in [0.1, 0.15) is 12.6 Å². The van der Waals surface area contributed by atoms with Crippen LogP contribution in [0.1, 0.15) is 25.8 Å². The van der Waals surface area contributed by atoms with Gasteiger partial charge in [-0.1, -0.05) is 54.9 Å². The summed E-state index contributed by atoms with van der Waals surface area (Å²) in [4.78, 5) is 27.5. The van der Waals surface area contributed by atoms with Crippen molar-refractivity contribution in [1.82, 2.24) is 10.2 Å². The van der Waals surface area contributed by atoms with Gasteiger partial charge in [0.2, 0.25) is 21.8 Å². The van der Waals surface area contributed by atoms with Crippen LogP contribution >= 0.6 is 11.6 Å². The van der Waals surface area contributed by atoms with Crippen molar-refractivity contribution in [2.24, 2.45) is 0 Å². The number of carbonyl (C=O) groups excluding carboxylic acids is 2. The molecule has 9 heteroatoms. The zero-order chi connectivity index (χ0) is 23.0. The van der Waals surface area contributed by atoms with Crippen LogP contribution in [-0.4, -0.2) is 50.5 Å². The largest absolute Gasteiger partial charge is 0.355 e. The van der Waals surface area contributed by atoms with E-state index in [1.165, 1.54) is 11.0 Å². The van der Waals surface area contributed by atoms with Gasteiger partial charge in [-0.05, 0) is 37.1 Å². The molecule has 0 aliphatic rings. The van der Waals surface area contributed by atoms with Crippen LogP contribution in [0.5, 0.6) is 0 Å². The Labute approximate surface area is 189 Å². The molecule has 0 saturated carbocycles. The smallest absolute Gasteiger partial charge is 0.244 e. The lowest BCUT2D eigenvalue weighted by atomic mass is 10.1. The van der Waals surface area contributed by atoms with Crippen LogP contribution in [0.3, 0.4) is 0 Å². The monoisotopic (exact) mass is 465 g/mol. The maximum Gasteiger partial charge on any atom is 0.244 e. The molecule has 1 atom stereocenters. The number of hydrogen-bond acceptors (Lipinski definition) is 4. The fourth-order valence-electron chi connectivity index (χ4n) is 3.24. The highest BCUT2D eigenvalue weighted by Crippen LogP contribution is 2.23. The molecule has 0 aliphatic heterocycles. The molecule has 0 aliphatic carbocycles. The minimum atomic E-state index is -3.77. The number of nitrogens with one attached hydrogen (secondary N) is 1. The molecule has 2 rings (SSSR count). The van der Waals surface area contributed by atoms with E-state index in [0.717, 1.165) is 16.1 Å². The highest BCUT2D eigenvalue weighted by Gasteiger charge is 2.31. The Balaban J connectivity index is 2.40. The number of sulfonamides is 1. The molecule has 1 N–H and O–H groups in total. The van der Waals surface area contributed by atoms with Crippen molar-refractivity contribution in [2.75, 3.05) is 23.7 Å². The first-order chi connectivity index (χ1) is 14.7. The second-order valence-electron chi connectivity index (χ2n) is 7.08. The quantitative estimate of drug-likeness (QED) is 0.584. The van der Waals surface area contributed by atoms with Crippen molar-refractivity contribution >= 4 is 39.1 Å². The number of anilines is 1. The van der Waals surface area contributed by atoms with E-state index < -0.39 is 28.5 Å². The summed E-state index contributed by atoms with van der Waals surface area (Å²) in [5.74, 6) is -0.754. The molecule has 31 heavy (non-hydrogen) atoms. The lowest BCUT2D eigenvalue weighted by Gasteiger charge is -2.32. The summed E-state index contributed by atoms with van der Waals surface area (Å²) in [7, 11) is -3.77. The number of hydrogen-bond donors (Lipinski definition) is 1. The zero-order valence-electron chi connectivity index (χ0n) is 17.9. The Bertz CT molecular complexity index is 999. The molecule has 0 spiro atoms. The lowest BCUT2D eigenvalue weighted by Crippen LogP contribution is -2.52. The van der Waals surface area contributed by atoms with Crippen molar-refractivity contribution in [1.29, 1.82) is 0 Å². The molecule has 0 aromatic heterocycles. The topological polar surface area (TPSA) is 86.8 Å². The predicted molar refractivity (Wildman–Crippen MR) is 123 cm³/mol. The van der Waals surface area contributed by atoms with E-state index in [4.69, 9.17) is 11.6 Å². The zero-order valence-corrected chi connectivity index (χ0v) is 19.5. The summed E-state index contributed by atoms with van der Waals surface area (Å²) in [5, 5.41) is 3.11. The molecular weight excluding hydrogens is 438 g/mol. The molecule has 7 nitrogen and oxygen atoms in total. The minimum Gasteiger partial charge on any atom is -0.355 e. The molecule has 0 fully saturated rings. The molecule has 168 valence electrons. The number of likely N-dealkylation sites (N-methyl/N-ethyl adjacent to an activating group) is 1. The first-order valence-electron chi connectivity index (χ1n) is 10.0. The van der Waals surface area contributed by atoms with Crippen molar-refractivity contribution in [2.45, 2.75) is 32.9 Å². The summed E-state index contributed by atoms with van der Waals surface area (Å²) >= 11 is 6.02. The first-order valence-corrected chi connectivity index (χ1v) is 12.2. The van der Waals surface area contributed by atoms with Gasteiger partial charge in [-0.15, -0.1) is 0 Å². The lowest BCUT2D eigenvalue weighted by molar-refractivity contribution is -0.140. The van der Waals surface area contributed by atoms with Gasteiger partial charge >= 0.3 is 0 Å². The Morgan fingerprint density at radius 3 is 2.29 bits per heavy atom. The van der Waals surface area contributed by atoms with Crippen LogP contribution in [0.4, 0.5) is 5.69 Å². The van der Waals surface area contributed by atoms with Crippen LogP contribution < -0.4 is 9.62 Å². The fourth-order valence-corrected chi connectivity index (χ4v) is 4.26. The second kappa shape index (κ2) is 11.2. The molecule has 2 amide bonds. The molecule has 0 bridgehead atoms. The molecule has 0 heterocycles. The van der Waals surface area contributed by atoms with Gasteiger partial charge < -0.3 is 10.2 Å². The Morgan fingerprint density at radius 1 is 1.06 bits per heavy atom. The van der Waals surface area contributed by atoms with Crippen molar-refractivity contribution < 1.29 is 18.0 Å². The number of rotatable bonds is 10. The van der Waals surface area contributed by atoms with Crippen LogP contribution in [0, 0.1) is 0 Å². The average Bonchev–Trinajstić information content (AvgIpc) is 2.71. The summed E-state index contributed by atoms with van der Waals surface area (Å²) in [6.45, 7) is 3.79. The van der Waals surface area contributed by atoms with Gasteiger partial charge in [-0.3, -0.25) is 13.9 Å². The highest BCUT2D eigenvalue weighted by molar-refractivity contribution is 7.92. The van der Waals surface area contributed by atoms with Crippen molar-refractivity contribution in [3.63, 3.8) is 0 Å². The Hall–Kier alpha value is -2.58. The van der Waals surface area contributed by atoms with Gasteiger partial charge in [0, 0.05) is 18.1 Å². The third kappa shape index (κ3) is 6.97. The summed E-state index contributed by atoms with van der Waals surface area (Å²) in [6, 6.07) is 14.8. The van der Waals surface area contributed by atoms with Gasteiger partial charge in [-0.2, -0.15) is 0 Å². The van der Waals surface area contributed by atoms with E-state index in [2.05, 4.69) is 5.32 Å². The van der Waals surface area contributed by atoms with Crippen molar-refractivity contribution in [3.05, 3.63) is 65.2 Å². The fraction of sp³-hybridized carbons (Fsp3) is 0.364. The third-order valence-electron chi connectivity index (χ3n) is 4.71. The van der Waals surface area contributed by atoms with Gasteiger partial charge in [0.05, 0.1) is 11.9 Å². The SMILES string of the molecule is CCNC(=O)C(CC)N(Cc1ccccc1)C(=O)CN(c1cccc(Cl)c1)S(C)(=O)=O. The van der Waals surface area contributed by atoms with Crippen LogP contribution in [-0.2, 0) is 26.2 Å². The highest BCUT2D eigenvalue weighted by atomic mass is 35.5. The molecule has 0 saturated heterocycles. The van der Waals surface area contributed by atoms with Crippen LogP contribution in [0.15, 0.2) is 54.6 Å². The number of halogens is 1. The number of amides is 2. The summed E-state index contributed by atoms with van der Waals surface area (Å²) in [5.41, 5.74) is 1.13. The molecule has 2 aromatic carbocycles. The maximum absolute atomic E-state index is 13.4. The van der Waals surface area contributed by atoms with E-state index in [1.54, 1.807) is 25.1 Å². The number of benzene rings is 2. The Kier molecular flexibility index (Phi) is 8.88. The molecule has 0 radical (unpaired) electrons. The number of carbonyl (C=O) groups is 2. The first kappa shape index (κ1) is 24.7. The van der Waals surface area contributed by atoms with Gasteiger partial charge in [0.15, 0.2) is 0 Å². The average molecular weight is 466 g/mol. The normalized spacial score (nSPS) is 12.1. The maximum atomic E-state index is 13.4. The molecule has 1 unspecified atom stereocenters. The molecule has 2 aromatic rings. The Morgan fingerprint density at radius 2 is 1.74 bits per heavy atom. The van der Waals surface area contributed by atoms with Crippen LogP contribution in [0.25, 0.3) is 0 Å². The van der Waals surface area contributed by atoms with E-state index in [1.807, 2.05) is 37.3 Å².